The summed E-state index contributed by atoms with van der Waals surface area (Å²) in [4.78, 5) is 19.7. The standard InChI is InChI=1S/C21H23ClN4O3S/c1-15-3-6-17(7-4-15)30(28,29)26-11-9-25(10-12-26)14-20-23-19-8-5-16(22)13-18(19)21(27)24(20)2/h3-8,13H,9-12,14H2,1-2H3. The molecule has 0 amide bonds. The molecule has 1 aliphatic rings. The predicted molar refractivity (Wildman–Crippen MR) is 117 cm³/mol. The number of rotatable bonds is 4. The third-order valence-corrected chi connectivity index (χ3v) is 7.63. The summed E-state index contributed by atoms with van der Waals surface area (Å²) in [5.74, 6) is 0.643. The van der Waals surface area contributed by atoms with Crippen LogP contribution in [-0.4, -0.2) is 53.4 Å². The van der Waals surface area contributed by atoms with Crippen LogP contribution in [0.25, 0.3) is 10.9 Å². The van der Waals surface area contributed by atoms with E-state index < -0.39 is 10.0 Å². The normalized spacial score (nSPS) is 16.2. The van der Waals surface area contributed by atoms with Crippen molar-refractivity contribution >= 4 is 32.5 Å². The van der Waals surface area contributed by atoms with E-state index in [-0.39, 0.29) is 5.56 Å². The molecule has 3 aromatic rings. The Kier molecular flexibility index (Phi) is 5.67. The molecular formula is C21H23ClN4O3S. The molecule has 1 aliphatic heterocycles. The van der Waals surface area contributed by atoms with Crippen molar-refractivity contribution in [3.63, 3.8) is 0 Å². The second-order valence-electron chi connectivity index (χ2n) is 7.55. The summed E-state index contributed by atoms with van der Waals surface area (Å²) in [5.41, 5.74) is 1.49. The Bertz CT molecular complexity index is 1250. The highest BCUT2D eigenvalue weighted by Crippen LogP contribution is 2.19. The number of halogens is 1. The van der Waals surface area contributed by atoms with Gasteiger partial charge >= 0.3 is 0 Å². The van der Waals surface area contributed by atoms with Gasteiger partial charge in [0.25, 0.3) is 5.56 Å². The van der Waals surface area contributed by atoms with Crippen LogP contribution >= 0.6 is 11.6 Å². The van der Waals surface area contributed by atoms with Crippen molar-refractivity contribution < 1.29 is 8.42 Å². The van der Waals surface area contributed by atoms with Crippen molar-refractivity contribution in [2.24, 2.45) is 7.05 Å². The summed E-state index contributed by atoms with van der Waals surface area (Å²) in [5, 5.41) is 0.989. The second kappa shape index (κ2) is 8.11. The summed E-state index contributed by atoms with van der Waals surface area (Å²) in [7, 11) is -1.80. The fourth-order valence-corrected chi connectivity index (χ4v) is 5.21. The van der Waals surface area contributed by atoms with E-state index in [9.17, 15) is 13.2 Å². The maximum absolute atomic E-state index is 12.9. The van der Waals surface area contributed by atoms with Gasteiger partial charge in [0.15, 0.2) is 0 Å². The zero-order valence-electron chi connectivity index (χ0n) is 16.9. The molecule has 7 nitrogen and oxygen atoms in total. The molecule has 2 heterocycles. The minimum Gasteiger partial charge on any atom is -0.298 e. The minimum absolute atomic E-state index is 0.141. The number of hydrogen-bond donors (Lipinski definition) is 0. The minimum atomic E-state index is -3.50. The lowest BCUT2D eigenvalue weighted by Gasteiger charge is -2.34. The molecule has 0 spiro atoms. The van der Waals surface area contributed by atoms with Crippen LogP contribution < -0.4 is 5.56 Å². The molecule has 1 aromatic heterocycles. The highest BCUT2D eigenvalue weighted by atomic mass is 35.5. The van der Waals surface area contributed by atoms with E-state index in [1.54, 1.807) is 37.4 Å². The summed E-state index contributed by atoms with van der Waals surface area (Å²) >= 11 is 6.00. The molecule has 0 unspecified atom stereocenters. The molecule has 9 heteroatoms. The van der Waals surface area contributed by atoms with Gasteiger partial charge in [0, 0.05) is 38.2 Å². The lowest BCUT2D eigenvalue weighted by molar-refractivity contribution is 0.176. The van der Waals surface area contributed by atoms with E-state index >= 15 is 0 Å². The Balaban J connectivity index is 1.49. The average Bonchev–Trinajstić information content (AvgIpc) is 2.73. The van der Waals surface area contributed by atoms with Crippen molar-refractivity contribution in [1.82, 2.24) is 18.8 Å². The fourth-order valence-electron chi connectivity index (χ4n) is 3.62. The van der Waals surface area contributed by atoms with Gasteiger partial charge in [-0.1, -0.05) is 29.3 Å². The molecule has 1 fully saturated rings. The van der Waals surface area contributed by atoms with E-state index in [1.807, 2.05) is 19.1 Å². The molecule has 1 saturated heterocycles. The largest absolute Gasteiger partial charge is 0.298 e. The van der Waals surface area contributed by atoms with Crippen LogP contribution in [0.5, 0.6) is 0 Å². The predicted octanol–water partition coefficient (Wildman–Crippen LogP) is 2.40. The Labute approximate surface area is 180 Å². The van der Waals surface area contributed by atoms with E-state index in [2.05, 4.69) is 9.88 Å². The van der Waals surface area contributed by atoms with Gasteiger partial charge in [-0.05, 0) is 37.3 Å². The first kappa shape index (κ1) is 21.0. The first-order valence-corrected chi connectivity index (χ1v) is 11.5. The number of hydrogen-bond acceptors (Lipinski definition) is 5. The lowest BCUT2D eigenvalue weighted by Crippen LogP contribution is -2.48. The highest BCUT2D eigenvalue weighted by molar-refractivity contribution is 7.89. The number of sulfonamides is 1. The van der Waals surface area contributed by atoms with E-state index in [0.29, 0.717) is 59.4 Å². The van der Waals surface area contributed by atoms with Crippen molar-refractivity contribution in [3.05, 3.63) is 69.2 Å². The first-order valence-electron chi connectivity index (χ1n) is 9.70. The van der Waals surface area contributed by atoms with Crippen molar-refractivity contribution in [2.45, 2.75) is 18.4 Å². The molecule has 0 radical (unpaired) electrons. The number of benzene rings is 2. The molecule has 2 aromatic carbocycles. The van der Waals surface area contributed by atoms with Crippen LogP contribution in [0.15, 0.2) is 52.2 Å². The molecule has 0 N–H and O–H groups in total. The summed E-state index contributed by atoms with van der Waals surface area (Å²) in [6.45, 7) is 4.33. The number of piperazine rings is 1. The van der Waals surface area contributed by atoms with E-state index in [1.165, 1.54) is 8.87 Å². The zero-order valence-corrected chi connectivity index (χ0v) is 18.4. The van der Waals surface area contributed by atoms with Crippen molar-refractivity contribution in [2.75, 3.05) is 26.2 Å². The first-order chi connectivity index (χ1) is 14.3. The Morgan fingerprint density at radius 1 is 1.03 bits per heavy atom. The third kappa shape index (κ3) is 4.00. The number of nitrogens with zero attached hydrogens (tertiary/aromatic N) is 4. The van der Waals surface area contributed by atoms with Crippen molar-refractivity contribution in [1.29, 1.82) is 0 Å². The van der Waals surface area contributed by atoms with Crippen LogP contribution in [0, 0.1) is 6.92 Å². The molecular weight excluding hydrogens is 424 g/mol. The Morgan fingerprint density at radius 3 is 2.37 bits per heavy atom. The average molecular weight is 447 g/mol. The molecule has 158 valence electrons. The molecule has 0 aliphatic carbocycles. The van der Waals surface area contributed by atoms with Gasteiger partial charge < -0.3 is 0 Å². The maximum Gasteiger partial charge on any atom is 0.261 e. The maximum atomic E-state index is 12.9. The van der Waals surface area contributed by atoms with Crippen LogP contribution in [0.3, 0.4) is 0 Å². The topological polar surface area (TPSA) is 75.5 Å². The molecule has 0 saturated carbocycles. The molecule has 0 atom stereocenters. The summed E-state index contributed by atoms with van der Waals surface area (Å²) in [6.07, 6.45) is 0. The zero-order chi connectivity index (χ0) is 21.5. The fraction of sp³-hybridized carbons (Fsp3) is 0.333. The van der Waals surface area contributed by atoms with Crippen LogP contribution in [0.1, 0.15) is 11.4 Å². The summed E-state index contributed by atoms with van der Waals surface area (Å²) in [6, 6.07) is 12.0. The number of aromatic nitrogens is 2. The van der Waals surface area contributed by atoms with E-state index in [4.69, 9.17) is 11.6 Å². The second-order valence-corrected chi connectivity index (χ2v) is 9.92. The molecule has 30 heavy (non-hydrogen) atoms. The molecule has 4 rings (SSSR count). The smallest absolute Gasteiger partial charge is 0.261 e. The van der Waals surface area contributed by atoms with Crippen LogP contribution in [0.4, 0.5) is 0 Å². The van der Waals surface area contributed by atoms with Crippen LogP contribution in [-0.2, 0) is 23.6 Å². The third-order valence-electron chi connectivity index (χ3n) is 5.49. The SMILES string of the molecule is Cc1ccc(S(=O)(=O)N2CCN(Cc3nc4ccc(Cl)cc4c(=O)n3C)CC2)cc1. The van der Waals surface area contributed by atoms with Gasteiger partial charge in [-0.15, -0.1) is 0 Å². The van der Waals surface area contributed by atoms with Crippen molar-refractivity contribution in [3.8, 4) is 0 Å². The van der Waals surface area contributed by atoms with Gasteiger partial charge in [-0.2, -0.15) is 4.31 Å². The van der Waals surface area contributed by atoms with E-state index in [0.717, 1.165) is 5.56 Å². The monoisotopic (exact) mass is 446 g/mol. The lowest BCUT2D eigenvalue weighted by atomic mass is 10.2. The van der Waals surface area contributed by atoms with Gasteiger partial charge in [0.05, 0.1) is 22.3 Å². The van der Waals surface area contributed by atoms with Gasteiger partial charge in [0.2, 0.25) is 10.0 Å². The number of aryl methyl sites for hydroxylation is 1. The van der Waals surface area contributed by atoms with Gasteiger partial charge in [-0.25, -0.2) is 13.4 Å². The van der Waals surface area contributed by atoms with Gasteiger partial charge in [-0.3, -0.25) is 14.3 Å². The van der Waals surface area contributed by atoms with Gasteiger partial charge in [0.1, 0.15) is 5.82 Å². The quantitative estimate of drug-likeness (QED) is 0.615. The number of fused-ring (bicyclic) bond motifs is 1. The summed E-state index contributed by atoms with van der Waals surface area (Å²) < 4.78 is 28.8. The Morgan fingerprint density at radius 2 is 1.70 bits per heavy atom. The Hall–Kier alpha value is -2.26. The highest BCUT2D eigenvalue weighted by Gasteiger charge is 2.28. The van der Waals surface area contributed by atoms with Crippen LogP contribution in [0.2, 0.25) is 5.02 Å². The molecule has 0 bridgehead atoms.